The van der Waals surface area contributed by atoms with Gasteiger partial charge in [0.25, 0.3) is 0 Å². The first kappa shape index (κ1) is 16.1. The van der Waals surface area contributed by atoms with Crippen LogP contribution in [0.4, 0.5) is 17.6 Å². The minimum absolute atomic E-state index is 0.0315. The zero-order valence-corrected chi connectivity index (χ0v) is 13.7. The van der Waals surface area contributed by atoms with Gasteiger partial charge in [-0.05, 0) is 24.6 Å². The van der Waals surface area contributed by atoms with E-state index >= 15 is 0 Å². The molecule has 1 aliphatic rings. The van der Waals surface area contributed by atoms with Crippen LogP contribution in [0.5, 0.6) is 0 Å². The largest absolute Gasteiger partial charge is 0.352 e. The van der Waals surface area contributed by atoms with Gasteiger partial charge in [-0.15, -0.1) is 10.2 Å². The second-order valence-corrected chi connectivity index (χ2v) is 5.60. The Labute approximate surface area is 140 Å². The van der Waals surface area contributed by atoms with Crippen molar-refractivity contribution in [3.63, 3.8) is 0 Å². The third-order valence-electron chi connectivity index (χ3n) is 3.83. The van der Waals surface area contributed by atoms with Gasteiger partial charge in [0, 0.05) is 45.0 Å². The van der Waals surface area contributed by atoms with Crippen LogP contribution in [0.2, 0.25) is 0 Å². The fourth-order valence-corrected chi connectivity index (χ4v) is 2.58. The van der Waals surface area contributed by atoms with Gasteiger partial charge in [-0.3, -0.25) is 4.79 Å². The fraction of sp³-hybridized carbons (Fsp3) is 0.438. The summed E-state index contributed by atoms with van der Waals surface area (Å²) in [5.41, 5.74) is 0. The Morgan fingerprint density at radius 3 is 2.42 bits per heavy atom. The molecule has 0 radical (unpaired) electrons. The number of aromatic nitrogens is 4. The number of hydrogen-bond acceptors (Lipinski definition) is 7. The molecule has 0 spiro atoms. The van der Waals surface area contributed by atoms with E-state index in [9.17, 15) is 4.79 Å². The van der Waals surface area contributed by atoms with E-state index in [1.165, 1.54) is 0 Å². The predicted octanol–water partition coefficient (Wildman–Crippen LogP) is 1.33. The smallest absolute Gasteiger partial charge is 0.225 e. The number of amides is 1. The number of nitrogens with zero attached hydrogens (tertiary/aromatic N) is 6. The summed E-state index contributed by atoms with van der Waals surface area (Å²) in [5, 5.41) is 11.1. The minimum atomic E-state index is -0.0315. The highest BCUT2D eigenvalue weighted by Gasteiger charge is 2.20. The molecule has 126 valence electrons. The van der Waals surface area contributed by atoms with Crippen molar-refractivity contribution in [2.24, 2.45) is 0 Å². The molecule has 3 heterocycles. The maximum atomic E-state index is 11.6. The van der Waals surface area contributed by atoms with E-state index < -0.39 is 0 Å². The van der Waals surface area contributed by atoms with E-state index in [1.54, 1.807) is 18.5 Å². The number of anilines is 3. The summed E-state index contributed by atoms with van der Waals surface area (Å²) in [6, 6.07) is 5.50. The van der Waals surface area contributed by atoms with Crippen LogP contribution in [0.15, 0.2) is 30.6 Å². The van der Waals surface area contributed by atoms with E-state index in [2.05, 4.69) is 35.3 Å². The summed E-state index contributed by atoms with van der Waals surface area (Å²) in [5.74, 6) is 2.04. The first-order valence-electron chi connectivity index (χ1n) is 8.17. The molecular weight excluding hydrogens is 306 g/mol. The summed E-state index contributed by atoms with van der Waals surface area (Å²) in [7, 11) is 0. The van der Waals surface area contributed by atoms with Crippen molar-refractivity contribution < 1.29 is 4.79 Å². The molecule has 0 saturated carbocycles. The van der Waals surface area contributed by atoms with E-state index in [0.29, 0.717) is 12.2 Å². The Balaban J connectivity index is 1.55. The van der Waals surface area contributed by atoms with Crippen molar-refractivity contribution in [1.82, 2.24) is 20.2 Å². The molecule has 0 unspecified atom stereocenters. The lowest BCUT2D eigenvalue weighted by Crippen LogP contribution is -2.47. The topological polar surface area (TPSA) is 87.1 Å². The predicted molar refractivity (Wildman–Crippen MR) is 92.0 cm³/mol. The van der Waals surface area contributed by atoms with Crippen LogP contribution in [-0.4, -0.2) is 52.3 Å². The second-order valence-electron chi connectivity index (χ2n) is 5.60. The Morgan fingerprint density at radius 2 is 1.79 bits per heavy atom. The van der Waals surface area contributed by atoms with Gasteiger partial charge in [0.1, 0.15) is 0 Å². The SMILES string of the molecule is CCCC(=O)Nc1ccc(N2CCN(c3ncccn3)CC2)nn1. The Hall–Kier alpha value is -2.77. The van der Waals surface area contributed by atoms with Gasteiger partial charge in [-0.1, -0.05) is 6.92 Å². The molecule has 2 aromatic rings. The average molecular weight is 327 g/mol. The molecule has 8 heteroatoms. The van der Waals surface area contributed by atoms with Crippen LogP contribution >= 0.6 is 0 Å². The molecule has 8 nitrogen and oxygen atoms in total. The van der Waals surface area contributed by atoms with Crippen molar-refractivity contribution in [3.05, 3.63) is 30.6 Å². The zero-order chi connectivity index (χ0) is 16.8. The van der Waals surface area contributed by atoms with Gasteiger partial charge < -0.3 is 15.1 Å². The number of carbonyl (C=O) groups excluding carboxylic acids is 1. The van der Waals surface area contributed by atoms with Crippen molar-refractivity contribution in [2.75, 3.05) is 41.3 Å². The maximum Gasteiger partial charge on any atom is 0.225 e. The number of carbonyl (C=O) groups is 1. The zero-order valence-electron chi connectivity index (χ0n) is 13.7. The van der Waals surface area contributed by atoms with Gasteiger partial charge in [-0.25, -0.2) is 9.97 Å². The first-order chi connectivity index (χ1) is 11.8. The van der Waals surface area contributed by atoms with Crippen LogP contribution in [-0.2, 0) is 4.79 Å². The minimum Gasteiger partial charge on any atom is -0.352 e. The van der Waals surface area contributed by atoms with Crippen molar-refractivity contribution in [1.29, 1.82) is 0 Å². The molecule has 1 fully saturated rings. The molecule has 1 aliphatic heterocycles. The average Bonchev–Trinajstić information content (AvgIpc) is 2.63. The van der Waals surface area contributed by atoms with Gasteiger partial charge in [0.2, 0.25) is 11.9 Å². The Morgan fingerprint density at radius 1 is 1.08 bits per heavy atom. The lowest BCUT2D eigenvalue weighted by atomic mass is 10.3. The molecule has 0 aromatic carbocycles. The van der Waals surface area contributed by atoms with E-state index in [1.807, 2.05) is 19.1 Å². The monoisotopic (exact) mass is 327 g/mol. The fourth-order valence-electron chi connectivity index (χ4n) is 2.58. The molecule has 0 atom stereocenters. The third kappa shape index (κ3) is 3.95. The highest BCUT2D eigenvalue weighted by atomic mass is 16.1. The van der Waals surface area contributed by atoms with E-state index in [-0.39, 0.29) is 5.91 Å². The summed E-state index contributed by atoms with van der Waals surface area (Å²) < 4.78 is 0. The molecule has 1 amide bonds. The normalized spacial score (nSPS) is 14.5. The van der Waals surface area contributed by atoms with Crippen molar-refractivity contribution >= 4 is 23.5 Å². The summed E-state index contributed by atoms with van der Waals surface area (Å²) in [6.07, 6.45) is 4.82. The van der Waals surface area contributed by atoms with Crippen LogP contribution in [0.3, 0.4) is 0 Å². The molecule has 1 saturated heterocycles. The molecule has 24 heavy (non-hydrogen) atoms. The highest BCUT2D eigenvalue weighted by Crippen LogP contribution is 2.16. The van der Waals surface area contributed by atoms with Crippen LogP contribution in [0.1, 0.15) is 19.8 Å². The standard InChI is InChI=1S/C16H21N7O/c1-2-4-15(24)19-13-5-6-14(21-20-13)22-9-11-23(12-10-22)16-17-7-3-8-18-16/h3,5-8H,2,4,9-12H2,1H3,(H,19,20,24). The molecular formula is C16H21N7O. The quantitative estimate of drug-likeness (QED) is 0.886. The van der Waals surface area contributed by atoms with Gasteiger partial charge in [-0.2, -0.15) is 0 Å². The van der Waals surface area contributed by atoms with Gasteiger partial charge in [0.15, 0.2) is 11.6 Å². The molecule has 1 N–H and O–H groups in total. The van der Waals surface area contributed by atoms with Crippen LogP contribution in [0, 0.1) is 0 Å². The third-order valence-corrected chi connectivity index (χ3v) is 3.83. The first-order valence-corrected chi connectivity index (χ1v) is 8.17. The Kier molecular flexibility index (Phi) is 5.15. The summed E-state index contributed by atoms with van der Waals surface area (Å²) in [4.78, 5) is 24.5. The highest BCUT2D eigenvalue weighted by molar-refractivity contribution is 5.89. The van der Waals surface area contributed by atoms with E-state index in [0.717, 1.165) is 44.4 Å². The second kappa shape index (κ2) is 7.67. The van der Waals surface area contributed by atoms with Crippen molar-refractivity contribution in [3.8, 4) is 0 Å². The summed E-state index contributed by atoms with van der Waals surface area (Å²) >= 11 is 0. The van der Waals surface area contributed by atoms with E-state index in [4.69, 9.17) is 0 Å². The van der Waals surface area contributed by atoms with Gasteiger partial charge >= 0.3 is 0 Å². The molecule has 0 aliphatic carbocycles. The number of rotatable bonds is 5. The number of piperazine rings is 1. The van der Waals surface area contributed by atoms with Gasteiger partial charge in [0.05, 0.1) is 0 Å². The molecule has 0 bridgehead atoms. The lowest BCUT2D eigenvalue weighted by Gasteiger charge is -2.35. The van der Waals surface area contributed by atoms with Crippen LogP contribution < -0.4 is 15.1 Å². The number of hydrogen-bond donors (Lipinski definition) is 1. The Bertz CT molecular complexity index is 654. The molecule has 3 rings (SSSR count). The van der Waals surface area contributed by atoms with Crippen molar-refractivity contribution in [2.45, 2.75) is 19.8 Å². The summed E-state index contributed by atoms with van der Waals surface area (Å²) in [6.45, 7) is 5.29. The molecule has 2 aromatic heterocycles. The maximum absolute atomic E-state index is 11.6. The number of nitrogens with one attached hydrogen (secondary N) is 1. The lowest BCUT2D eigenvalue weighted by molar-refractivity contribution is -0.116. The van der Waals surface area contributed by atoms with Crippen LogP contribution in [0.25, 0.3) is 0 Å².